The zero-order valence-corrected chi connectivity index (χ0v) is 15.9. The molecule has 3 nitrogen and oxygen atoms in total. The molecule has 0 radical (unpaired) electrons. The van der Waals surface area contributed by atoms with E-state index >= 15 is 0 Å². The number of carbonyl (C=O) groups excluding carboxylic acids is 1. The van der Waals surface area contributed by atoms with Crippen LogP contribution in [-0.2, 0) is 4.79 Å². The zero-order chi connectivity index (χ0) is 18.0. The van der Waals surface area contributed by atoms with E-state index in [1.54, 1.807) is 17.8 Å². The summed E-state index contributed by atoms with van der Waals surface area (Å²) >= 11 is 1.62. The number of rotatable bonds is 5. The lowest BCUT2D eigenvalue weighted by Crippen LogP contribution is -2.15. The maximum Gasteiger partial charge on any atom is 0.195 e. The van der Waals surface area contributed by atoms with E-state index in [0.29, 0.717) is 5.92 Å². The minimum Gasteiger partial charge on any atom is -0.485 e. The van der Waals surface area contributed by atoms with Crippen LogP contribution in [0.1, 0.15) is 30.9 Å². The van der Waals surface area contributed by atoms with E-state index < -0.39 is 0 Å². The van der Waals surface area contributed by atoms with Crippen LogP contribution >= 0.6 is 11.8 Å². The minimum absolute atomic E-state index is 0.0293. The molecule has 0 unspecified atom stereocenters. The van der Waals surface area contributed by atoms with Gasteiger partial charge >= 0.3 is 0 Å². The number of thioether (sulfide) groups is 1. The van der Waals surface area contributed by atoms with Crippen molar-refractivity contribution in [2.45, 2.75) is 31.6 Å². The van der Waals surface area contributed by atoms with Crippen molar-refractivity contribution >= 4 is 23.2 Å². The lowest BCUT2D eigenvalue weighted by atomic mass is 10.0. The molecule has 3 rings (SSSR count). The zero-order valence-electron chi connectivity index (χ0n) is 15.1. The van der Waals surface area contributed by atoms with Gasteiger partial charge in [-0.2, -0.15) is 0 Å². The fourth-order valence-corrected chi connectivity index (χ4v) is 3.93. The molecule has 0 N–H and O–H groups in total. The molecule has 1 heterocycles. The number of benzene rings is 2. The van der Waals surface area contributed by atoms with Gasteiger partial charge in [-0.3, -0.25) is 4.79 Å². The average molecular weight is 353 g/mol. The molecule has 2 aromatic carbocycles. The summed E-state index contributed by atoms with van der Waals surface area (Å²) in [6.07, 6.45) is 1.68. The van der Waals surface area contributed by atoms with Crippen molar-refractivity contribution in [1.29, 1.82) is 0 Å². The van der Waals surface area contributed by atoms with Gasteiger partial charge < -0.3 is 9.64 Å². The molecule has 0 saturated heterocycles. The van der Waals surface area contributed by atoms with Crippen LogP contribution in [0.3, 0.4) is 0 Å². The topological polar surface area (TPSA) is 29.5 Å². The third kappa shape index (κ3) is 3.90. The first-order chi connectivity index (χ1) is 12.0. The SMILES string of the molecule is Cc1ccc(C(C)C)c(OCC(=O)/C=C2\Sc3ccccc3N2C)c1. The van der Waals surface area contributed by atoms with Crippen molar-refractivity contribution in [3.8, 4) is 5.75 Å². The molecule has 0 fully saturated rings. The van der Waals surface area contributed by atoms with Crippen molar-refractivity contribution < 1.29 is 9.53 Å². The van der Waals surface area contributed by atoms with Gasteiger partial charge in [0.25, 0.3) is 0 Å². The molecule has 2 aromatic rings. The Balaban J connectivity index is 1.70. The summed E-state index contributed by atoms with van der Waals surface area (Å²) in [6.45, 7) is 6.34. The Morgan fingerprint density at radius 2 is 2.00 bits per heavy atom. The van der Waals surface area contributed by atoms with Crippen molar-refractivity contribution in [3.63, 3.8) is 0 Å². The van der Waals surface area contributed by atoms with Crippen LogP contribution in [0, 0.1) is 6.92 Å². The van der Waals surface area contributed by atoms with Crippen molar-refractivity contribution in [1.82, 2.24) is 0 Å². The number of hydrogen-bond donors (Lipinski definition) is 0. The Kier molecular flexibility index (Phi) is 5.19. The Morgan fingerprint density at radius 1 is 1.24 bits per heavy atom. The lowest BCUT2D eigenvalue weighted by Gasteiger charge is -2.15. The van der Waals surface area contributed by atoms with Gasteiger partial charge in [-0.25, -0.2) is 0 Å². The predicted octanol–water partition coefficient (Wildman–Crippen LogP) is 5.15. The first-order valence-corrected chi connectivity index (χ1v) is 9.26. The van der Waals surface area contributed by atoms with Gasteiger partial charge in [-0.05, 0) is 42.2 Å². The number of aryl methyl sites for hydroxylation is 1. The normalized spacial score (nSPS) is 14.9. The molecule has 130 valence electrons. The van der Waals surface area contributed by atoms with Crippen LogP contribution in [0.2, 0.25) is 0 Å². The third-order valence-electron chi connectivity index (χ3n) is 4.22. The minimum atomic E-state index is -0.0293. The van der Waals surface area contributed by atoms with Gasteiger partial charge in [0.1, 0.15) is 5.75 Å². The maximum atomic E-state index is 12.4. The first-order valence-electron chi connectivity index (χ1n) is 8.44. The second kappa shape index (κ2) is 7.36. The molecular formula is C21H23NO2S. The molecule has 0 saturated carbocycles. The number of anilines is 1. The van der Waals surface area contributed by atoms with Gasteiger partial charge in [0.2, 0.25) is 0 Å². The highest BCUT2D eigenvalue weighted by Crippen LogP contribution is 2.44. The standard InChI is InChI=1S/C21H23NO2S/c1-14(2)17-10-9-15(3)11-19(17)24-13-16(23)12-21-22(4)18-7-5-6-8-20(18)25-21/h5-12,14H,13H2,1-4H3/b21-12-. The highest BCUT2D eigenvalue weighted by molar-refractivity contribution is 8.03. The van der Waals surface area contributed by atoms with Crippen LogP contribution < -0.4 is 9.64 Å². The van der Waals surface area contributed by atoms with Crippen LogP contribution in [0.5, 0.6) is 5.75 Å². The van der Waals surface area contributed by atoms with Gasteiger partial charge in [0.15, 0.2) is 12.4 Å². The quantitative estimate of drug-likeness (QED) is 0.695. The van der Waals surface area contributed by atoms with Gasteiger partial charge in [0, 0.05) is 18.0 Å². The molecule has 1 aliphatic heterocycles. The summed E-state index contributed by atoms with van der Waals surface area (Å²) < 4.78 is 5.84. The van der Waals surface area contributed by atoms with E-state index in [0.717, 1.165) is 27.6 Å². The number of para-hydroxylation sites is 1. The van der Waals surface area contributed by atoms with Crippen molar-refractivity contribution in [3.05, 3.63) is 64.7 Å². The Hall–Kier alpha value is -2.20. The summed E-state index contributed by atoms with van der Waals surface area (Å²) in [5, 5.41) is 0.933. The van der Waals surface area contributed by atoms with Crippen LogP contribution in [0.25, 0.3) is 0 Å². The Morgan fingerprint density at radius 3 is 2.72 bits per heavy atom. The monoisotopic (exact) mass is 353 g/mol. The smallest absolute Gasteiger partial charge is 0.195 e. The van der Waals surface area contributed by atoms with E-state index in [-0.39, 0.29) is 12.4 Å². The fourth-order valence-electron chi connectivity index (χ4n) is 2.82. The second-order valence-electron chi connectivity index (χ2n) is 6.56. The molecule has 0 aromatic heterocycles. The highest BCUT2D eigenvalue weighted by Gasteiger charge is 2.22. The molecule has 4 heteroatoms. The molecular weight excluding hydrogens is 330 g/mol. The van der Waals surface area contributed by atoms with Gasteiger partial charge in [0.05, 0.1) is 10.7 Å². The molecule has 1 aliphatic rings. The molecule has 0 atom stereocenters. The number of hydrogen-bond acceptors (Lipinski definition) is 4. The van der Waals surface area contributed by atoms with E-state index in [4.69, 9.17) is 4.74 Å². The Labute approximate surface area is 153 Å². The number of carbonyl (C=O) groups is 1. The lowest BCUT2D eigenvalue weighted by molar-refractivity contribution is -0.116. The van der Waals surface area contributed by atoms with Crippen molar-refractivity contribution in [2.75, 3.05) is 18.6 Å². The first kappa shape index (κ1) is 17.6. The number of nitrogens with zero attached hydrogens (tertiary/aromatic N) is 1. The second-order valence-corrected chi connectivity index (χ2v) is 7.62. The fraction of sp³-hybridized carbons (Fsp3) is 0.286. The summed E-state index contributed by atoms with van der Waals surface area (Å²) in [4.78, 5) is 15.6. The highest BCUT2D eigenvalue weighted by atomic mass is 32.2. The summed E-state index contributed by atoms with van der Waals surface area (Å²) in [6, 6.07) is 14.3. The number of ketones is 1. The molecule has 0 bridgehead atoms. The Bertz CT molecular complexity index is 826. The average Bonchev–Trinajstić information content (AvgIpc) is 2.89. The summed E-state index contributed by atoms with van der Waals surface area (Å²) in [7, 11) is 1.98. The predicted molar refractivity (Wildman–Crippen MR) is 105 cm³/mol. The molecule has 0 amide bonds. The number of ether oxygens (including phenoxy) is 1. The van der Waals surface area contributed by atoms with E-state index in [1.807, 2.05) is 37.1 Å². The van der Waals surface area contributed by atoms with E-state index in [1.165, 1.54) is 4.90 Å². The molecule has 0 aliphatic carbocycles. The van der Waals surface area contributed by atoms with Crippen molar-refractivity contribution in [2.24, 2.45) is 0 Å². The van der Waals surface area contributed by atoms with Crippen LogP contribution in [-0.4, -0.2) is 19.4 Å². The molecule has 25 heavy (non-hydrogen) atoms. The number of fused-ring (bicyclic) bond motifs is 1. The van der Waals surface area contributed by atoms with Gasteiger partial charge in [-0.1, -0.05) is 49.9 Å². The third-order valence-corrected chi connectivity index (χ3v) is 5.38. The van der Waals surface area contributed by atoms with Gasteiger partial charge in [-0.15, -0.1) is 0 Å². The van der Waals surface area contributed by atoms with Crippen LogP contribution in [0.4, 0.5) is 5.69 Å². The maximum absolute atomic E-state index is 12.4. The molecule has 0 spiro atoms. The summed E-state index contributed by atoms with van der Waals surface area (Å²) in [5.74, 6) is 1.13. The van der Waals surface area contributed by atoms with Crippen LogP contribution in [0.15, 0.2) is 58.5 Å². The van der Waals surface area contributed by atoms with E-state index in [2.05, 4.69) is 38.1 Å². The van der Waals surface area contributed by atoms with E-state index in [9.17, 15) is 4.79 Å². The summed E-state index contributed by atoms with van der Waals surface area (Å²) in [5.41, 5.74) is 3.39. The largest absolute Gasteiger partial charge is 0.485 e.